The number of imidazole rings is 1. The molecule has 0 unspecified atom stereocenters. The quantitative estimate of drug-likeness (QED) is 0.143. The third-order valence-corrected chi connectivity index (χ3v) is 8.52. The van der Waals surface area contributed by atoms with E-state index in [9.17, 15) is 18.0 Å². The minimum atomic E-state index is -4.74. The van der Waals surface area contributed by atoms with Crippen LogP contribution in [0.25, 0.3) is 22.6 Å². The summed E-state index contributed by atoms with van der Waals surface area (Å²) in [5.74, 6) is 0.181. The molecule has 7 aromatic rings. The predicted octanol–water partition coefficient (Wildman–Crippen LogP) is 6.71. The third-order valence-electron chi connectivity index (χ3n) is 8.52. The molecule has 0 saturated heterocycles. The van der Waals surface area contributed by atoms with Gasteiger partial charge in [0, 0.05) is 24.8 Å². The average molecular weight is 739 g/mol. The number of methoxy groups -OCH3 is 2. The molecular weight excluding hydrogens is 708 g/mol. The van der Waals surface area contributed by atoms with E-state index in [1.165, 1.54) is 23.1 Å². The first-order valence-electron chi connectivity index (χ1n) is 16.3. The van der Waals surface area contributed by atoms with Crippen LogP contribution in [0.4, 0.5) is 29.1 Å². The van der Waals surface area contributed by atoms with Crippen molar-refractivity contribution < 1.29 is 31.8 Å². The Bertz CT molecular complexity index is 2400. The molecule has 13 nitrogen and oxygen atoms in total. The number of aromatic nitrogens is 8. The second kappa shape index (κ2) is 14.6. The zero-order chi connectivity index (χ0) is 38.0. The van der Waals surface area contributed by atoms with E-state index in [2.05, 4.69) is 35.6 Å². The average Bonchev–Trinajstić information content (AvgIpc) is 3.84. The molecule has 0 aliphatic carbocycles. The van der Waals surface area contributed by atoms with Gasteiger partial charge in [-0.25, -0.2) is 23.6 Å². The summed E-state index contributed by atoms with van der Waals surface area (Å²) in [4.78, 5) is 24.2. The molecule has 3 aromatic carbocycles. The topological polar surface area (TPSA) is 137 Å². The molecule has 0 aliphatic heterocycles. The monoisotopic (exact) mass is 738 g/mol. The number of rotatable bonds is 11. The van der Waals surface area contributed by atoms with Crippen LogP contribution in [0.2, 0.25) is 0 Å². The second-order valence-electron chi connectivity index (χ2n) is 12.1. The minimum absolute atomic E-state index is 0.294. The summed E-state index contributed by atoms with van der Waals surface area (Å²) in [5, 5.41) is 18.0. The van der Waals surface area contributed by atoms with Gasteiger partial charge in [0.15, 0.2) is 17.2 Å². The van der Waals surface area contributed by atoms with Gasteiger partial charge in [0.05, 0.1) is 55.4 Å². The van der Waals surface area contributed by atoms with Gasteiger partial charge in [-0.3, -0.25) is 4.79 Å². The van der Waals surface area contributed by atoms with Crippen molar-refractivity contribution in [2.24, 2.45) is 0 Å². The molecule has 0 fully saturated rings. The number of carbonyl (C=O) groups is 1. The van der Waals surface area contributed by atoms with Crippen LogP contribution in [-0.2, 0) is 19.3 Å². The molecule has 0 bridgehead atoms. The lowest BCUT2D eigenvalue weighted by atomic mass is 10.1. The van der Waals surface area contributed by atoms with Crippen molar-refractivity contribution in [3.05, 3.63) is 132 Å². The number of ether oxygens (including phenoxy) is 2. The van der Waals surface area contributed by atoms with Gasteiger partial charge in [0.25, 0.3) is 5.91 Å². The number of hydrogen-bond acceptors (Lipinski definition) is 10. The van der Waals surface area contributed by atoms with Crippen molar-refractivity contribution in [1.82, 2.24) is 39.6 Å². The number of nitrogens with zero attached hydrogens (tertiary/aromatic N) is 9. The largest absolute Gasteiger partial charge is 0.497 e. The van der Waals surface area contributed by atoms with Gasteiger partial charge in [0.1, 0.15) is 23.6 Å². The number of aryl methyl sites for hydroxylation is 1. The fourth-order valence-corrected chi connectivity index (χ4v) is 5.74. The number of nitrogens with one attached hydrogen (secondary N) is 1. The van der Waals surface area contributed by atoms with Crippen molar-refractivity contribution >= 4 is 23.1 Å². The maximum absolute atomic E-state index is 15.0. The Labute approximate surface area is 304 Å². The van der Waals surface area contributed by atoms with Crippen LogP contribution >= 0.6 is 0 Å². The van der Waals surface area contributed by atoms with Crippen molar-refractivity contribution in [3.8, 4) is 28.4 Å². The van der Waals surface area contributed by atoms with Gasteiger partial charge in [-0.15, -0.1) is 5.10 Å². The first-order valence-corrected chi connectivity index (χ1v) is 16.3. The van der Waals surface area contributed by atoms with E-state index in [1.54, 1.807) is 44.2 Å². The molecule has 0 aliphatic rings. The van der Waals surface area contributed by atoms with Crippen LogP contribution in [0.1, 0.15) is 32.7 Å². The van der Waals surface area contributed by atoms with Gasteiger partial charge in [-0.05, 0) is 66.1 Å². The summed E-state index contributed by atoms with van der Waals surface area (Å²) in [5.41, 5.74) is 2.49. The van der Waals surface area contributed by atoms with E-state index in [-0.39, 0.29) is 5.69 Å². The number of benzene rings is 3. The number of halogens is 4. The van der Waals surface area contributed by atoms with Crippen molar-refractivity contribution in [1.29, 1.82) is 0 Å². The molecule has 1 N–H and O–H groups in total. The summed E-state index contributed by atoms with van der Waals surface area (Å²) in [6.45, 7) is 2.63. The number of anilines is 2. The SMILES string of the molecule is COc1ccc(CN(Cc2ccc(OC)cc2)c2ncnn3c(-c4cnn(-c5cc(NC(=O)c6cc(C(F)(F)F)cnn6)c(F)cc5C)c4)cnc23)cc1. The standard InChI is InChI=1S/C37H30F4N10O3/c1-22-12-29(38)30(47-36(52)31-13-26(16-44-48-31)37(39,40)41)14-32(22)50-20-25(15-45-50)33-17-42-35-34(43-21-46-51(33)35)49(18-23-4-8-27(53-2)9-5-23)19-24-6-10-28(54-3)11-7-24/h4-17,20-21H,18-19H2,1-3H3,(H,47,52). The molecule has 0 radical (unpaired) electrons. The highest BCUT2D eigenvalue weighted by molar-refractivity contribution is 6.03. The van der Waals surface area contributed by atoms with Gasteiger partial charge >= 0.3 is 6.18 Å². The first-order chi connectivity index (χ1) is 26.0. The first kappa shape index (κ1) is 35.5. The predicted molar refractivity (Wildman–Crippen MR) is 189 cm³/mol. The second-order valence-corrected chi connectivity index (χ2v) is 12.1. The Balaban J connectivity index is 1.19. The van der Waals surface area contributed by atoms with E-state index >= 15 is 4.39 Å². The third kappa shape index (κ3) is 7.37. The van der Waals surface area contributed by atoms with Crippen LogP contribution in [-0.4, -0.2) is 59.7 Å². The molecule has 4 aromatic heterocycles. The highest BCUT2D eigenvalue weighted by Gasteiger charge is 2.32. The zero-order valence-corrected chi connectivity index (χ0v) is 28.9. The number of fused-ring (bicyclic) bond motifs is 1. The maximum atomic E-state index is 15.0. The smallest absolute Gasteiger partial charge is 0.418 e. The number of alkyl halides is 3. The van der Waals surface area contributed by atoms with E-state index in [1.807, 2.05) is 48.5 Å². The summed E-state index contributed by atoms with van der Waals surface area (Å²) in [6.07, 6.45) is 2.11. The normalized spacial score (nSPS) is 11.5. The summed E-state index contributed by atoms with van der Waals surface area (Å²) in [6, 6.07) is 18.6. The Kier molecular flexibility index (Phi) is 9.60. The van der Waals surface area contributed by atoms with Gasteiger partial charge in [-0.1, -0.05) is 24.3 Å². The highest BCUT2D eigenvalue weighted by atomic mass is 19.4. The summed E-state index contributed by atoms with van der Waals surface area (Å²) < 4.78 is 68.3. The van der Waals surface area contributed by atoms with E-state index in [0.29, 0.717) is 59.3 Å². The van der Waals surface area contributed by atoms with Crippen LogP contribution in [0.5, 0.6) is 11.5 Å². The molecular formula is C37H30F4N10O3. The van der Waals surface area contributed by atoms with Gasteiger partial charge in [0.2, 0.25) is 0 Å². The Morgan fingerprint density at radius 3 is 2.17 bits per heavy atom. The van der Waals surface area contributed by atoms with Crippen LogP contribution in [0.3, 0.4) is 0 Å². The van der Waals surface area contributed by atoms with Crippen LogP contribution in [0, 0.1) is 12.7 Å². The highest BCUT2D eigenvalue weighted by Crippen LogP contribution is 2.31. The fourth-order valence-electron chi connectivity index (χ4n) is 5.74. The molecule has 0 saturated carbocycles. The number of hydrogen-bond donors (Lipinski definition) is 1. The lowest BCUT2D eigenvalue weighted by molar-refractivity contribution is -0.137. The minimum Gasteiger partial charge on any atom is -0.497 e. The van der Waals surface area contributed by atoms with Gasteiger partial charge < -0.3 is 19.7 Å². The molecule has 4 heterocycles. The molecule has 17 heteroatoms. The summed E-state index contributed by atoms with van der Waals surface area (Å²) in [7, 11) is 3.23. The molecule has 274 valence electrons. The van der Waals surface area contributed by atoms with E-state index in [0.717, 1.165) is 22.6 Å². The molecule has 54 heavy (non-hydrogen) atoms. The molecule has 7 rings (SSSR count). The Morgan fingerprint density at radius 2 is 1.54 bits per heavy atom. The lowest BCUT2D eigenvalue weighted by Crippen LogP contribution is -2.24. The lowest BCUT2D eigenvalue weighted by Gasteiger charge is -2.24. The van der Waals surface area contributed by atoms with Gasteiger partial charge in [-0.2, -0.15) is 28.5 Å². The maximum Gasteiger partial charge on any atom is 0.418 e. The fraction of sp³-hybridized carbons (Fsp3) is 0.162. The van der Waals surface area contributed by atoms with Crippen LogP contribution < -0.4 is 19.7 Å². The van der Waals surface area contributed by atoms with E-state index < -0.39 is 29.2 Å². The molecule has 0 spiro atoms. The Hall–Kier alpha value is -6.91. The molecule has 1 amide bonds. The Morgan fingerprint density at radius 1 is 0.870 bits per heavy atom. The van der Waals surface area contributed by atoms with Crippen molar-refractivity contribution in [3.63, 3.8) is 0 Å². The number of amides is 1. The van der Waals surface area contributed by atoms with E-state index in [4.69, 9.17) is 14.5 Å². The zero-order valence-electron chi connectivity index (χ0n) is 28.9. The van der Waals surface area contributed by atoms with Crippen molar-refractivity contribution in [2.45, 2.75) is 26.2 Å². The summed E-state index contributed by atoms with van der Waals surface area (Å²) >= 11 is 0. The number of carbonyl (C=O) groups excluding carboxylic acids is 1. The van der Waals surface area contributed by atoms with Crippen LogP contribution in [0.15, 0.2) is 97.8 Å². The van der Waals surface area contributed by atoms with Crippen molar-refractivity contribution in [2.75, 3.05) is 24.4 Å². The molecule has 0 atom stereocenters.